The summed E-state index contributed by atoms with van der Waals surface area (Å²) >= 11 is 0. The summed E-state index contributed by atoms with van der Waals surface area (Å²) in [6, 6.07) is 0. The van der Waals surface area contributed by atoms with E-state index < -0.39 is 6.10 Å². The van der Waals surface area contributed by atoms with Crippen molar-refractivity contribution in [3.05, 3.63) is 109 Å². The van der Waals surface area contributed by atoms with Crippen LogP contribution in [0.3, 0.4) is 0 Å². The molecule has 0 bridgehead atoms. The van der Waals surface area contributed by atoms with Crippen LogP contribution in [0, 0.1) is 0 Å². The van der Waals surface area contributed by atoms with E-state index in [-0.39, 0.29) is 44.0 Å². The van der Waals surface area contributed by atoms with E-state index in [1.807, 2.05) is 12.2 Å². The van der Waals surface area contributed by atoms with Crippen LogP contribution in [0.15, 0.2) is 109 Å². The minimum atomic E-state index is -0.819. The molecule has 0 rings (SSSR count). The minimum absolute atomic E-state index is 0.111. The van der Waals surface area contributed by atoms with Crippen LogP contribution in [0.1, 0.15) is 213 Å². The van der Waals surface area contributed by atoms with E-state index in [1.54, 1.807) is 0 Å². The Labute approximate surface area is 387 Å². The molecule has 63 heavy (non-hydrogen) atoms. The second kappa shape index (κ2) is 50.7. The third kappa shape index (κ3) is 49.0. The highest BCUT2D eigenvalue weighted by molar-refractivity contribution is 5.71. The number of carbonyl (C=O) groups is 3. The molecule has 0 aliphatic rings. The average Bonchev–Trinajstić information content (AvgIpc) is 3.28. The number of hydrogen-bond donors (Lipinski definition) is 0. The lowest BCUT2D eigenvalue weighted by Gasteiger charge is -2.18. The zero-order valence-electron chi connectivity index (χ0n) is 40.5. The highest BCUT2D eigenvalue weighted by Crippen LogP contribution is 2.13. The van der Waals surface area contributed by atoms with Crippen LogP contribution in [-0.2, 0) is 28.6 Å². The zero-order chi connectivity index (χ0) is 45.8. The summed E-state index contributed by atoms with van der Waals surface area (Å²) in [4.78, 5) is 37.8. The van der Waals surface area contributed by atoms with Crippen molar-refractivity contribution in [3.63, 3.8) is 0 Å². The van der Waals surface area contributed by atoms with Gasteiger partial charge in [-0.25, -0.2) is 0 Å². The molecule has 0 aromatic rings. The fourth-order valence-electron chi connectivity index (χ4n) is 6.47. The Hall–Kier alpha value is -3.93. The van der Waals surface area contributed by atoms with E-state index in [0.29, 0.717) is 12.8 Å². The molecule has 0 saturated heterocycles. The van der Waals surface area contributed by atoms with Gasteiger partial charge in [-0.1, -0.05) is 207 Å². The van der Waals surface area contributed by atoms with Crippen LogP contribution < -0.4 is 0 Å². The number of esters is 3. The van der Waals surface area contributed by atoms with E-state index in [2.05, 4.69) is 118 Å². The van der Waals surface area contributed by atoms with Crippen molar-refractivity contribution in [2.24, 2.45) is 0 Å². The van der Waals surface area contributed by atoms with Crippen molar-refractivity contribution in [1.29, 1.82) is 0 Å². The maximum atomic E-state index is 12.8. The Morgan fingerprint density at radius 1 is 0.333 bits per heavy atom. The molecular weight excluding hydrogens is 781 g/mol. The van der Waals surface area contributed by atoms with Crippen LogP contribution >= 0.6 is 0 Å². The van der Waals surface area contributed by atoms with Gasteiger partial charge >= 0.3 is 17.9 Å². The first-order chi connectivity index (χ1) is 31.0. The smallest absolute Gasteiger partial charge is 0.306 e. The number of rotatable bonds is 44. The zero-order valence-corrected chi connectivity index (χ0v) is 40.5. The van der Waals surface area contributed by atoms with Gasteiger partial charge in [-0.05, 0) is 96.3 Å². The van der Waals surface area contributed by atoms with Gasteiger partial charge < -0.3 is 14.2 Å². The van der Waals surface area contributed by atoms with E-state index in [1.165, 1.54) is 64.2 Å². The number of ether oxygens (including phenoxy) is 3. The van der Waals surface area contributed by atoms with Gasteiger partial charge in [0.05, 0.1) is 0 Å². The predicted molar refractivity (Wildman–Crippen MR) is 270 cm³/mol. The molecule has 6 heteroatoms. The third-order valence-electron chi connectivity index (χ3n) is 10.3. The minimum Gasteiger partial charge on any atom is -0.462 e. The summed E-state index contributed by atoms with van der Waals surface area (Å²) < 4.78 is 16.7. The Morgan fingerprint density at radius 2 is 0.651 bits per heavy atom. The monoisotopic (exact) mass is 873 g/mol. The summed E-state index contributed by atoms with van der Waals surface area (Å²) in [5.41, 5.74) is 0. The molecule has 0 amide bonds. The molecule has 0 aromatic heterocycles. The van der Waals surface area contributed by atoms with Crippen molar-refractivity contribution in [3.8, 4) is 0 Å². The lowest BCUT2D eigenvalue weighted by Crippen LogP contribution is -2.30. The Morgan fingerprint density at radius 3 is 1.10 bits per heavy atom. The Kier molecular flexibility index (Phi) is 47.5. The lowest BCUT2D eigenvalue weighted by atomic mass is 10.1. The summed E-state index contributed by atoms with van der Waals surface area (Å²) in [5.74, 6) is -1.03. The number of unbranched alkanes of at least 4 members (excludes halogenated alkanes) is 15. The molecule has 0 N–H and O–H groups in total. The highest BCUT2D eigenvalue weighted by Gasteiger charge is 2.19. The van der Waals surface area contributed by atoms with Gasteiger partial charge in [0.25, 0.3) is 0 Å². The standard InChI is InChI=1S/C57H92O6/c1-4-7-10-13-16-19-21-23-25-27-28-30-31-33-35-38-41-44-47-50-56(59)62-53-54(52-61-55(58)49-46-43-40-37-18-15-12-9-6-3)63-57(60)51-48-45-42-39-36-34-32-29-26-24-22-20-17-14-11-8-5-2/h7,10,16-17,19-20,23-26,28,30,32-35,41,44,54H,4-6,8-9,11-15,18,21-22,27,29,31,36-40,42-43,45-53H2,1-3H3/b10-7-,19-16-,20-17-,25-23-,26-24-,30-28-,34-32-,35-33-,44-41-/t54-/m1/s1. The first-order valence-electron chi connectivity index (χ1n) is 25.4. The van der Waals surface area contributed by atoms with Crippen molar-refractivity contribution in [1.82, 2.24) is 0 Å². The number of carbonyl (C=O) groups excluding carboxylic acids is 3. The van der Waals surface area contributed by atoms with Gasteiger partial charge in [0.15, 0.2) is 6.10 Å². The number of allylic oxidation sites excluding steroid dienone is 18. The van der Waals surface area contributed by atoms with Gasteiger partial charge in [-0.2, -0.15) is 0 Å². The van der Waals surface area contributed by atoms with Crippen molar-refractivity contribution in [2.75, 3.05) is 13.2 Å². The quantitative estimate of drug-likeness (QED) is 0.0263. The van der Waals surface area contributed by atoms with Crippen LogP contribution in [0.2, 0.25) is 0 Å². The topological polar surface area (TPSA) is 78.9 Å². The van der Waals surface area contributed by atoms with Gasteiger partial charge in [-0.15, -0.1) is 0 Å². The third-order valence-corrected chi connectivity index (χ3v) is 10.3. The average molecular weight is 873 g/mol. The molecule has 0 saturated carbocycles. The fraction of sp³-hybridized carbons (Fsp3) is 0.632. The largest absolute Gasteiger partial charge is 0.462 e. The summed E-state index contributed by atoms with van der Waals surface area (Å²) in [6.07, 6.45) is 68.0. The maximum absolute atomic E-state index is 12.8. The second-order valence-corrected chi connectivity index (χ2v) is 16.3. The van der Waals surface area contributed by atoms with E-state index in [9.17, 15) is 14.4 Å². The lowest BCUT2D eigenvalue weighted by molar-refractivity contribution is -0.166. The molecule has 0 unspecified atom stereocenters. The van der Waals surface area contributed by atoms with Gasteiger partial charge in [0.2, 0.25) is 0 Å². The molecule has 0 radical (unpaired) electrons. The van der Waals surface area contributed by atoms with Gasteiger partial charge in [0.1, 0.15) is 13.2 Å². The summed E-state index contributed by atoms with van der Waals surface area (Å²) in [5, 5.41) is 0. The normalized spacial score (nSPS) is 13.0. The van der Waals surface area contributed by atoms with E-state index in [0.717, 1.165) is 103 Å². The van der Waals surface area contributed by atoms with Crippen LogP contribution in [0.4, 0.5) is 0 Å². The molecule has 0 aliphatic heterocycles. The molecule has 0 heterocycles. The van der Waals surface area contributed by atoms with Crippen LogP contribution in [-0.4, -0.2) is 37.2 Å². The Balaban J connectivity index is 4.51. The molecular formula is C57H92O6. The molecule has 0 fully saturated rings. The molecule has 0 spiro atoms. The number of hydrogen-bond acceptors (Lipinski definition) is 6. The Bertz CT molecular complexity index is 1330. The molecule has 0 aliphatic carbocycles. The van der Waals surface area contributed by atoms with Crippen molar-refractivity contribution >= 4 is 17.9 Å². The van der Waals surface area contributed by atoms with Gasteiger partial charge in [-0.3, -0.25) is 14.4 Å². The molecule has 1 atom stereocenters. The van der Waals surface area contributed by atoms with Crippen molar-refractivity contribution in [2.45, 2.75) is 219 Å². The molecule has 356 valence electrons. The van der Waals surface area contributed by atoms with Gasteiger partial charge in [0, 0.05) is 19.3 Å². The molecule has 6 nitrogen and oxygen atoms in total. The first kappa shape index (κ1) is 59.1. The van der Waals surface area contributed by atoms with E-state index in [4.69, 9.17) is 14.2 Å². The second-order valence-electron chi connectivity index (χ2n) is 16.3. The molecule has 0 aromatic carbocycles. The predicted octanol–water partition coefficient (Wildman–Crippen LogP) is 16.8. The fourth-order valence-corrected chi connectivity index (χ4v) is 6.47. The first-order valence-corrected chi connectivity index (χ1v) is 25.4. The van der Waals surface area contributed by atoms with Crippen LogP contribution in [0.5, 0.6) is 0 Å². The maximum Gasteiger partial charge on any atom is 0.306 e. The summed E-state index contributed by atoms with van der Waals surface area (Å²) in [6.45, 7) is 6.37. The highest BCUT2D eigenvalue weighted by atomic mass is 16.6. The SMILES string of the molecule is CC/C=C\C/C=C\C/C=C\C/C=C\C/C=C\C/C=C\CCC(=O)OC[C@@H](COC(=O)CCCCCCCCCCC)OC(=O)CCCCCC/C=C\C/C=C\C/C=C\CCCCC. The van der Waals surface area contributed by atoms with E-state index >= 15 is 0 Å². The van der Waals surface area contributed by atoms with Crippen molar-refractivity contribution < 1.29 is 28.6 Å². The summed E-state index contributed by atoms with van der Waals surface area (Å²) in [7, 11) is 0. The van der Waals surface area contributed by atoms with Crippen LogP contribution in [0.25, 0.3) is 0 Å².